The van der Waals surface area contributed by atoms with Gasteiger partial charge in [-0.2, -0.15) is 0 Å². The lowest BCUT2D eigenvalue weighted by atomic mass is 10.2. The molecule has 1 heterocycles. The smallest absolute Gasteiger partial charge is 0.140 e. The minimum Gasteiger partial charge on any atom is -0.397 e. The largest absolute Gasteiger partial charge is 0.397 e. The number of hydrogen-bond donors (Lipinski definition) is 2. The Morgan fingerprint density at radius 1 is 1.65 bits per heavy atom. The Hall–Kier alpha value is -0.620. The number of nitrogens with two attached hydrogens (primary N) is 1. The molecule has 0 saturated heterocycles. The van der Waals surface area contributed by atoms with E-state index >= 15 is 0 Å². The van der Waals surface area contributed by atoms with E-state index in [9.17, 15) is 4.21 Å². The van der Waals surface area contributed by atoms with Crippen molar-refractivity contribution >= 4 is 38.2 Å². The maximum atomic E-state index is 11.2. The summed E-state index contributed by atoms with van der Waals surface area (Å²) >= 11 is 3.46. The van der Waals surface area contributed by atoms with E-state index in [1.165, 1.54) is 0 Å². The maximum absolute atomic E-state index is 11.2. The second-order valence-corrected chi connectivity index (χ2v) is 6.62. The number of aromatic nitrogens is 1. The highest BCUT2D eigenvalue weighted by Gasteiger charge is 2.09. The van der Waals surface area contributed by atoms with E-state index in [4.69, 9.17) is 5.73 Å². The number of rotatable bonds is 5. The van der Waals surface area contributed by atoms with Crippen LogP contribution in [0.1, 0.15) is 18.9 Å². The Balaban J connectivity index is 2.59. The topological polar surface area (TPSA) is 68.0 Å². The zero-order valence-electron chi connectivity index (χ0n) is 10.3. The van der Waals surface area contributed by atoms with Crippen LogP contribution in [0.15, 0.2) is 10.7 Å². The van der Waals surface area contributed by atoms with Crippen LogP contribution in [0.4, 0.5) is 11.5 Å². The normalized spacial score (nSPS) is 14.4. The van der Waals surface area contributed by atoms with Crippen molar-refractivity contribution in [2.45, 2.75) is 25.5 Å². The molecule has 0 aromatic carbocycles. The van der Waals surface area contributed by atoms with Gasteiger partial charge < -0.3 is 11.1 Å². The van der Waals surface area contributed by atoms with Gasteiger partial charge in [0.1, 0.15) is 5.82 Å². The summed E-state index contributed by atoms with van der Waals surface area (Å²) < 4.78 is 12.1. The number of nitrogens with zero attached hydrogens (tertiary/aromatic N) is 1. The highest BCUT2D eigenvalue weighted by molar-refractivity contribution is 9.10. The van der Waals surface area contributed by atoms with Crippen LogP contribution >= 0.6 is 15.9 Å². The van der Waals surface area contributed by atoms with Crippen LogP contribution in [0.5, 0.6) is 0 Å². The fourth-order valence-electron chi connectivity index (χ4n) is 1.27. The fraction of sp³-hybridized carbons (Fsp3) is 0.545. The third kappa shape index (κ3) is 3.96. The molecule has 0 radical (unpaired) electrons. The van der Waals surface area contributed by atoms with Gasteiger partial charge in [-0.3, -0.25) is 4.21 Å². The Labute approximate surface area is 113 Å². The summed E-state index contributed by atoms with van der Waals surface area (Å²) in [6, 6.07) is 0. The van der Waals surface area contributed by atoms with E-state index in [1.54, 1.807) is 12.5 Å². The van der Waals surface area contributed by atoms with Crippen molar-refractivity contribution in [1.82, 2.24) is 4.98 Å². The minimum absolute atomic E-state index is 0.191. The average molecular weight is 320 g/mol. The maximum Gasteiger partial charge on any atom is 0.140 e. The Morgan fingerprint density at radius 3 is 2.88 bits per heavy atom. The quantitative estimate of drug-likeness (QED) is 0.873. The molecule has 0 bridgehead atoms. The number of anilines is 2. The van der Waals surface area contributed by atoms with E-state index in [-0.39, 0.29) is 5.25 Å². The third-order valence-corrected chi connectivity index (χ3v) is 5.05. The van der Waals surface area contributed by atoms with Gasteiger partial charge in [-0.05, 0) is 34.8 Å². The van der Waals surface area contributed by atoms with Crippen LogP contribution < -0.4 is 11.1 Å². The standard InChI is InChI=1S/C11H18BrN3OS/c1-7(17(3)16)4-5-14-11-10(12)8(2)9(13)6-15-11/h6-7H,4-5,13H2,1-3H3,(H,14,15). The molecule has 2 unspecified atom stereocenters. The van der Waals surface area contributed by atoms with Gasteiger partial charge in [0.2, 0.25) is 0 Å². The summed E-state index contributed by atoms with van der Waals surface area (Å²) in [4.78, 5) is 4.22. The fourth-order valence-corrected chi connectivity index (χ4v) is 2.20. The molecule has 1 rings (SSSR count). The molecule has 2 atom stereocenters. The molecule has 3 N–H and O–H groups in total. The lowest BCUT2D eigenvalue weighted by molar-refractivity contribution is 0.672. The molecule has 0 amide bonds. The molecule has 0 spiro atoms. The van der Waals surface area contributed by atoms with Crippen LogP contribution in [0, 0.1) is 6.92 Å². The van der Waals surface area contributed by atoms with Gasteiger partial charge in [-0.1, -0.05) is 6.92 Å². The van der Waals surface area contributed by atoms with Gasteiger partial charge in [0, 0.05) is 28.9 Å². The Kier molecular flexibility index (Phi) is 5.39. The SMILES string of the molecule is Cc1c(N)cnc(NCCC(C)S(C)=O)c1Br. The zero-order chi connectivity index (χ0) is 13.0. The van der Waals surface area contributed by atoms with Crippen molar-refractivity contribution < 1.29 is 4.21 Å². The van der Waals surface area contributed by atoms with Gasteiger partial charge in [0.15, 0.2) is 0 Å². The lowest BCUT2D eigenvalue weighted by Gasteiger charge is -2.12. The Morgan fingerprint density at radius 2 is 2.29 bits per heavy atom. The molecular formula is C11H18BrN3OS. The summed E-state index contributed by atoms with van der Waals surface area (Å²) in [6.45, 7) is 4.67. The molecule has 4 nitrogen and oxygen atoms in total. The predicted molar refractivity (Wildman–Crippen MR) is 77.7 cm³/mol. The van der Waals surface area contributed by atoms with Crippen LogP contribution in [0.3, 0.4) is 0 Å². The Bertz CT molecular complexity index is 425. The van der Waals surface area contributed by atoms with Crippen molar-refractivity contribution in [3.63, 3.8) is 0 Å². The highest BCUT2D eigenvalue weighted by atomic mass is 79.9. The van der Waals surface area contributed by atoms with Crippen LogP contribution in [0.2, 0.25) is 0 Å². The first-order valence-electron chi connectivity index (χ1n) is 5.40. The molecule has 1 aromatic heterocycles. The summed E-state index contributed by atoms with van der Waals surface area (Å²) in [7, 11) is -0.774. The van der Waals surface area contributed by atoms with Crippen molar-refractivity contribution in [3.05, 3.63) is 16.2 Å². The van der Waals surface area contributed by atoms with Crippen molar-refractivity contribution in [1.29, 1.82) is 0 Å². The molecule has 0 aliphatic carbocycles. The average Bonchev–Trinajstić information content (AvgIpc) is 2.28. The molecule has 0 saturated carbocycles. The highest BCUT2D eigenvalue weighted by Crippen LogP contribution is 2.27. The molecule has 0 aliphatic rings. The van der Waals surface area contributed by atoms with Gasteiger partial charge in [-0.25, -0.2) is 4.98 Å². The van der Waals surface area contributed by atoms with Crippen LogP contribution in [-0.4, -0.2) is 27.2 Å². The number of hydrogen-bond acceptors (Lipinski definition) is 4. The summed E-state index contributed by atoms with van der Waals surface area (Å²) in [5, 5.41) is 3.41. The van der Waals surface area contributed by atoms with E-state index in [0.29, 0.717) is 5.69 Å². The monoisotopic (exact) mass is 319 g/mol. The molecule has 17 heavy (non-hydrogen) atoms. The summed E-state index contributed by atoms with van der Waals surface area (Å²) in [5.41, 5.74) is 7.40. The number of halogens is 1. The van der Waals surface area contributed by atoms with E-state index in [1.807, 2.05) is 13.8 Å². The first-order valence-corrected chi connectivity index (χ1v) is 7.81. The van der Waals surface area contributed by atoms with Crippen LogP contribution in [0.25, 0.3) is 0 Å². The first-order chi connectivity index (χ1) is 7.93. The minimum atomic E-state index is -0.774. The van der Waals surface area contributed by atoms with E-state index in [2.05, 4.69) is 26.2 Å². The molecule has 0 aliphatic heterocycles. The van der Waals surface area contributed by atoms with Crippen molar-refractivity contribution in [3.8, 4) is 0 Å². The van der Waals surface area contributed by atoms with Gasteiger partial charge in [-0.15, -0.1) is 0 Å². The number of pyridine rings is 1. The molecule has 96 valence electrons. The van der Waals surface area contributed by atoms with Crippen LogP contribution in [-0.2, 0) is 10.8 Å². The molecule has 6 heteroatoms. The second-order valence-electron chi connectivity index (χ2n) is 4.03. The predicted octanol–water partition coefficient (Wildman–Crippen LogP) is 2.30. The van der Waals surface area contributed by atoms with E-state index < -0.39 is 10.8 Å². The lowest BCUT2D eigenvalue weighted by Crippen LogP contribution is -2.15. The van der Waals surface area contributed by atoms with Gasteiger partial charge >= 0.3 is 0 Å². The number of nitrogen functional groups attached to an aromatic ring is 1. The second kappa shape index (κ2) is 6.35. The molecular weight excluding hydrogens is 302 g/mol. The summed E-state index contributed by atoms with van der Waals surface area (Å²) in [6.07, 6.45) is 4.22. The van der Waals surface area contributed by atoms with Crippen molar-refractivity contribution in [2.24, 2.45) is 0 Å². The number of nitrogens with one attached hydrogen (secondary N) is 1. The van der Waals surface area contributed by atoms with E-state index in [0.717, 1.165) is 28.8 Å². The summed E-state index contributed by atoms with van der Waals surface area (Å²) in [5.74, 6) is 0.783. The van der Waals surface area contributed by atoms with Crippen molar-refractivity contribution in [2.75, 3.05) is 23.9 Å². The molecule has 1 aromatic rings. The third-order valence-electron chi connectivity index (χ3n) is 2.71. The van der Waals surface area contributed by atoms with Gasteiger partial charge in [0.25, 0.3) is 0 Å². The first kappa shape index (κ1) is 14.4. The molecule has 0 fully saturated rings. The zero-order valence-corrected chi connectivity index (χ0v) is 12.7. The van der Waals surface area contributed by atoms with Gasteiger partial charge in [0.05, 0.1) is 16.4 Å².